The summed E-state index contributed by atoms with van der Waals surface area (Å²) in [4.78, 5) is 2.82. The molecule has 1 heterocycles. The highest BCUT2D eigenvalue weighted by Crippen LogP contribution is 2.36. The van der Waals surface area contributed by atoms with E-state index in [9.17, 15) is 8.42 Å². The van der Waals surface area contributed by atoms with Crippen LogP contribution < -0.4 is 0 Å². The minimum atomic E-state index is -3.47. The summed E-state index contributed by atoms with van der Waals surface area (Å²) in [6, 6.07) is 17.4. The smallest absolute Gasteiger partial charge is 0.243 e. The number of benzene rings is 2. The van der Waals surface area contributed by atoms with Crippen molar-refractivity contribution < 1.29 is 8.42 Å². The summed E-state index contributed by atoms with van der Waals surface area (Å²) in [7, 11) is -3.47. The molecular weight excluding hydrogens is 392 g/mol. The molecule has 0 N–H and O–H groups in total. The molecule has 2 aromatic rings. The molecule has 4 nitrogen and oxygen atoms in total. The molecule has 0 aromatic heterocycles. The van der Waals surface area contributed by atoms with E-state index in [-0.39, 0.29) is 12.1 Å². The molecule has 1 aliphatic carbocycles. The minimum Gasteiger partial charge on any atom is -0.303 e. The summed E-state index contributed by atoms with van der Waals surface area (Å²) >= 11 is 5.94. The first-order valence-corrected chi connectivity index (χ1v) is 11.9. The normalized spacial score (nSPS) is 19.2. The Labute approximate surface area is 173 Å². The van der Waals surface area contributed by atoms with E-state index in [1.165, 1.54) is 5.56 Å². The molecule has 28 heavy (non-hydrogen) atoms. The van der Waals surface area contributed by atoms with Gasteiger partial charge >= 0.3 is 0 Å². The van der Waals surface area contributed by atoms with Crippen LogP contribution in [0.1, 0.15) is 31.2 Å². The third-order valence-corrected chi connectivity index (χ3v) is 8.04. The van der Waals surface area contributed by atoms with Gasteiger partial charge in [0, 0.05) is 23.7 Å². The lowest BCUT2D eigenvalue weighted by atomic mass is 10.0. The highest BCUT2D eigenvalue weighted by atomic mass is 35.5. The van der Waals surface area contributed by atoms with Crippen LogP contribution in [-0.4, -0.2) is 49.3 Å². The molecule has 0 spiro atoms. The van der Waals surface area contributed by atoms with Gasteiger partial charge < -0.3 is 4.90 Å². The first-order chi connectivity index (χ1) is 13.5. The summed E-state index contributed by atoms with van der Waals surface area (Å²) in [5.41, 5.74) is 1.36. The van der Waals surface area contributed by atoms with E-state index in [2.05, 4.69) is 29.2 Å². The zero-order chi connectivity index (χ0) is 19.6. The summed E-state index contributed by atoms with van der Waals surface area (Å²) in [5, 5.41) is 0.559. The van der Waals surface area contributed by atoms with Crippen LogP contribution in [0.15, 0.2) is 59.5 Å². The van der Waals surface area contributed by atoms with Crippen molar-refractivity contribution in [1.82, 2.24) is 9.21 Å². The van der Waals surface area contributed by atoms with E-state index in [1.807, 2.05) is 10.4 Å². The molecule has 2 aromatic carbocycles. The van der Waals surface area contributed by atoms with Gasteiger partial charge in [-0.2, -0.15) is 4.31 Å². The van der Waals surface area contributed by atoms with Gasteiger partial charge in [0.25, 0.3) is 0 Å². The molecule has 0 unspecified atom stereocenters. The third-order valence-electron chi connectivity index (χ3n) is 5.77. The highest BCUT2D eigenvalue weighted by Gasteiger charge is 2.43. The number of sulfonamides is 1. The first-order valence-electron chi connectivity index (χ1n) is 10.1. The molecule has 4 rings (SSSR count). The van der Waals surface area contributed by atoms with Gasteiger partial charge in [-0.15, -0.1) is 0 Å². The molecule has 0 radical (unpaired) electrons. The van der Waals surface area contributed by atoms with Gasteiger partial charge in [0.05, 0.1) is 4.90 Å². The molecule has 1 saturated carbocycles. The average Bonchev–Trinajstić information content (AvgIpc) is 3.53. The topological polar surface area (TPSA) is 40.6 Å². The maximum absolute atomic E-state index is 13.3. The van der Waals surface area contributed by atoms with Gasteiger partial charge in [-0.25, -0.2) is 8.42 Å². The lowest BCUT2D eigenvalue weighted by molar-refractivity contribution is 0.157. The molecule has 150 valence electrons. The van der Waals surface area contributed by atoms with Crippen LogP contribution >= 0.6 is 11.6 Å². The molecule has 2 aliphatic rings. The quantitative estimate of drug-likeness (QED) is 0.676. The summed E-state index contributed by atoms with van der Waals surface area (Å²) < 4.78 is 28.4. The number of piperidine rings is 1. The standard InChI is InChI=1S/C22H27ClN2O2S/c23-19-6-10-22(11-7-19)28(26,27)25(20-8-9-20)21-13-16-24(17-14-21)15-12-18-4-2-1-3-5-18/h1-7,10-11,20-21H,8-9,12-17H2. The van der Waals surface area contributed by atoms with Crippen LogP contribution in [-0.2, 0) is 16.4 Å². The SMILES string of the molecule is O=S(=O)(c1ccc(Cl)cc1)N(C1CC1)C1CCN(CCc2ccccc2)CC1. The third kappa shape index (κ3) is 4.60. The molecule has 0 amide bonds. The Balaban J connectivity index is 1.39. The molecule has 2 fully saturated rings. The molecule has 0 atom stereocenters. The monoisotopic (exact) mass is 418 g/mol. The Hall–Kier alpha value is -1.40. The summed E-state index contributed by atoms with van der Waals surface area (Å²) in [6.45, 7) is 2.94. The fourth-order valence-corrected chi connectivity index (χ4v) is 6.13. The maximum atomic E-state index is 13.3. The highest BCUT2D eigenvalue weighted by molar-refractivity contribution is 7.89. The molecule has 0 bridgehead atoms. The number of likely N-dealkylation sites (tertiary alicyclic amines) is 1. The van der Waals surface area contributed by atoms with E-state index < -0.39 is 10.0 Å². The number of hydrogen-bond acceptors (Lipinski definition) is 3. The van der Waals surface area contributed by atoms with Crippen molar-refractivity contribution in [1.29, 1.82) is 0 Å². The summed E-state index contributed by atoms with van der Waals surface area (Å²) in [6.07, 6.45) is 4.79. The van der Waals surface area contributed by atoms with Gasteiger partial charge in [-0.3, -0.25) is 0 Å². The van der Waals surface area contributed by atoms with Crippen LogP contribution in [0.4, 0.5) is 0 Å². The Bertz CT molecular complexity index is 875. The molecular formula is C22H27ClN2O2S. The van der Waals surface area contributed by atoms with E-state index >= 15 is 0 Å². The van der Waals surface area contributed by atoms with Crippen molar-refractivity contribution >= 4 is 21.6 Å². The molecule has 1 saturated heterocycles. The van der Waals surface area contributed by atoms with Crippen molar-refractivity contribution in [2.45, 2.75) is 49.1 Å². The van der Waals surface area contributed by atoms with Gasteiger partial charge in [-0.1, -0.05) is 41.9 Å². The predicted octanol–water partition coefficient (Wildman–Crippen LogP) is 4.20. The fraction of sp³-hybridized carbons (Fsp3) is 0.455. The van der Waals surface area contributed by atoms with E-state index in [0.717, 1.165) is 51.7 Å². The maximum Gasteiger partial charge on any atom is 0.243 e. The van der Waals surface area contributed by atoms with Crippen LogP contribution in [0.5, 0.6) is 0 Å². The molecule has 1 aliphatic heterocycles. The Morgan fingerprint density at radius 2 is 1.50 bits per heavy atom. The van der Waals surface area contributed by atoms with E-state index in [4.69, 9.17) is 11.6 Å². The van der Waals surface area contributed by atoms with E-state index in [0.29, 0.717) is 9.92 Å². The van der Waals surface area contributed by atoms with Crippen molar-refractivity contribution in [3.05, 3.63) is 65.2 Å². The lowest BCUT2D eigenvalue weighted by Crippen LogP contribution is -2.48. The van der Waals surface area contributed by atoms with Crippen molar-refractivity contribution in [3.8, 4) is 0 Å². The van der Waals surface area contributed by atoms with Gasteiger partial charge in [-0.05, 0) is 75.0 Å². The number of rotatable bonds is 7. The van der Waals surface area contributed by atoms with Crippen molar-refractivity contribution in [3.63, 3.8) is 0 Å². The molecule has 6 heteroatoms. The number of hydrogen-bond donors (Lipinski definition) is 0. The Morgan fingerprint density at radius 1 is 0.893 bits per heavy atom. The van der Waals surface area contributed by atoms with Crippen molar-refractivity contribution in [2.75, 3.05) is 19.6 Å². The second kappa shape index (κ2) is 8.54. The zero-order valence-corrected chi connectivity index (χ0v) is 17.6. The predicted molar refractivity (Wildman–Crippen MR) is 113 cm³/mol. The minimum absolute atomic E-state index is 0.0983. The lowest BCUT2D eigenvalue weighted by Gasteiger charge is -2.38. The van der Waals surface area contributed by atoms with Crippen LogP contribution in [0.25, 0.3) is 0 Å². The Morgan fingerprint density at radius 3 is 2.11 bits per heavy atom. The second-order valence-electron chi connectivity index (χ2n) is 7.83. The first kappa shape index (κ1) is 19.9. The van der Waals surface area contributed by atoms with Crippen LogP contribution in [0.3, 0.4) is 0 Å². The van der Waals surface area contributed by atoms with E-state index in [1.54, 1.807) is 24.3 Å². The van der Waals surface area contributed by atoms with Crippen LogP contribution in [0.2, 0.25) is 5.02 Å². The fourth-order valence-electron chi connectivity index (χ4n) is 4.08. The zero-order valence-electron chi connectivity index (χ0n) is 16.0. The van der Waals surface area contributed by atoms with Gasteiger partial charge in [0.1, 0.15) is 0 Å². The summed E-state index contributed by atoms with van der Waals surface area (Å²) in [5.74, 6) is 0. The second-order valence-corrected chi connectivity index (χ2v) is 10.1. The van der Waals surface area contributed by atoms with Crippen molar-refractivity contribution in [2.24, 2.45) is 0 Å². The Kier molecular flexibility index (Phi) is 6.07. The largest absolute Gasteiger partial charge is 0.303 e. The van der Waals surface area contributed by atoms with Gasteiger partial charge in [0.15, 0.2) is 0 Å². The number of halogens is 1. The van der Waals surface area contributed by atoms with Crippen LogP contribution in [0, 0.1) is 0 Å². The average molecular weight is 419 g/mol. The van der Waals surface area contributed by atoms with Gasteiger partial charge in [0.2, 0.25) is 10.0 Å². The number of nitrogens with zero attached hydrogens (tertiary/aromatic N) is 2.